The van der Waals surface area contributed by atoms with Gasteiger partial charge in [0.05, 0.1) is 11.0 Å². The quantitative estimate of drug-likeness (QED) is 0.872. The molecule has 86 valence electrons. The second-order valence-corrected chi connectivity index (χ2v) is 4.68. The van der Waals surface area contributed by atoms with Crippen molar-refractivity contribution >= 4 is 22.6 Å². The van der Waals surface area contributed by atoms with Crippen LogP contribution in [0.2, 0.25) is 5.02 Å². The largest absolute Gasteiger partial charge is 0.385 e. The average molecular weight is 239 g/mol. The predicted octanol–water partition coefficient (Wildman–Crippen LogP) is 3.32. The molecule has 16 heavy (non-hydrogen) atoms. The van der Waals surface area contributed by atoms with E-state index in [0.717, 1.165) is 11.0 Å². The van der Waals surface area contributed by atoms with Crippen LogP contribution in [0.4, 0.5) is 0 Å². The zero-order valence-corrected chi connectivity index (χ0v) is 10.4. The van der Waals surface area contributed by atoms with E-state index in [0.29, 0.717) is 10.8 Å². The highest BCUT2D eigenvalue weighted by Crippen LogP contribution is 2.26. The Kier molecular flexibility index (Phi) is 2.91. The van der Waals surface area contributed by atoms with Crippen molar-refractivity contribution in [2.24, 2.45) is 0 Å². The predicted molar refractivity (Wildman–Crippen MR) is 65.8 cm³/mol. The van der Waals surface area contributed by atoms with E-state index in [4.69, 9.17) is 11.6 Å². The number of nitrogens with zero attached hydrogens (tertiary/aromatic N) is 2. The Bertz CT molecular complexity index is 517. The van der Waals surface area contributed by atoms with Crippen molar-refractivity contribution in [3.8, 4) is 0 Å². The highest BCUT2D eigenvalue weighted by molar-refractivity contribution is 6.31. The number of halogens is 1. The Hall–Kier alpha value is -1.06. The second-order valence-electron chi connectivity index (χ2n) is 4.24. The Labute approximate surface area is 99.7 Å². The van der Waals surface area contributed by atoms with E-state index in [-0.39, 0.29) is 6.04 Å². The first-order valence-electron chi connectivity index (χ1n) is 5.36. The molecule has 0 radical (unpaired) electrons. The van der Waals surface area contributed by atoms with E-state index in [1.165, 1.54) is 0 Å². The Morgan fingerprint density at radius 2 is 2.00 bits per heavy atom. The Balaban J connectivity index is 2.77. The minimum Gasteiger partial charge on any atom is -0.385 e. The molecule has 0 spiro atoms. The fraction of sp³-hybridized carbons (Fsp3) is 0.417. The van der Waals surface area contributed by atoms with Crippen molar-refractivity contribution in [3.63, 3.8) is 0 Å². The molecule has 1 atom stereocenters. The molecule has 0 aliphatic carbocycles. The van der Waals surface area contributed by atoms with Gasteiger partial charge in [-0.15, -0.1) is 0 Å². The number of aromatic nitrogens is 2. The molecule has 1 heterocycles. The molecule has 1 unspecified atom stereocenters. The number of aliphatic hydroxyl groups excluding tert-OH is 1. The third-order valence-electron chi connectivity index (χ3n) is 2.57. The maximum Gasteiger partial charge on any atom is 0.138 e. The first-order valence-corrected chi connectivity index (χ1v) is 5.74. The molecule has 0 bridgehead atoms. The van der Waals surface area contributed by atoms with Crippen LogP contribution in [0.25, 0.3) is 11.0 Å². The molecule has 2 rings (SSSR count). The number of benzene rings is 1. The van der Waals surface area contributed by atoms with E-state index in [9.17, 15) is 5.11 Å². The summed E-state index contributed by atoms with van der Waals surface area (Å²) < 4.78 is 2.02. The van der Waals surface area contributed by atoms with Gasteiger partial charge in [0.1, 0.15) is 11.9 Å². The number of fused-ring (bicyclic) bond motifs is 1. The van der Waals surface area contributed by atoms with Crippen LogP contribution in [0.1, 0.15) is 38.7 Å². The summed E-state index contributed by atoms with van der Waals surface area (Å²) in [6, 6.07) is 5.82. The number of imidazole rings is 1. The summed E-state index contributed by atoms with van der Waals surface area (Å²) >= 11 is 5.98. The highest BCUT2D eigenvalue weighted by Gasteiger charge is 2.16. The first-order chi connectivity index (χ1) is 7.50. The average Bonchev–Trinajstić information content (AvgIpc) is 2.55. The van der Waals surface area contributed by atoms with Crippen molar-refractivity contribution in [3.05, 3.63) is 29.0 Å². The minimum atomic E-state index is -0.575. The lowest BCUT2D eigenvalue weighted by molar-refractivity contribution is 0.182. The summed E-state index contributed by atoms with van der Waals surface area (Å²) in [5, 5.41) is 10.4. The molecule has 4 heteroatoms. The molecular formula is C12H15ClN2O. The van der Waals surface area contributed by atoms with Crippen LogP contribution in [0.5, 0.6) is 0 Å². The summed E-state index contributed by atoms with van der Waals surface area (Å²) in [5.41, 5.74) is 1.84. The van der Waals surface area contributed by atoms with Gasteiger partial charge in [-0.2, -0.15) is 0 Å². The van der Waals surface area contributed by atoms with Gasteiger partial charge >= 0.3 is 0 Å². The van der Waals surface area contributed by atoms with Crippen LogP contribution in [0.3, 0.4) is 0 Å². The molecule has 1 N–H and O–H groups in total. The number of hydrogen-bond acceptors (Lipinski definition) is 2. The second kappa shape index (κ2) is 4.07. The lowest BCUT2D eigenvalue weighted by Crippen LogP contribution is -2.08. The molecule has 0 amide bonds. The lowest BCUT2D eigenvalue weighted by Gasteiger charge is -2.14. The lowest BCUT2D eigenvalue weighted by atomic mass is 10.3. The maximum atomic E-state index is 9.71. The molecule has 2 aromatic rings. The van der Waals surface area contributed by atoms with Gasteiger partial charge in [-0.3, -0.25) is 0 Å². The fourth-order valence-corrected chi connectivity index (χ4v) is 2.09. The van der Waals surface area contributed by atoms with E-state index in [2.05, 4.69) is 18.8 Å². The van der Waals surface area contributed by atoms with Crippen LogP contribution >= 0.6 is 11.6 Å². The van der Waals surface area contributed by atoms with E-state index in [1.807, 2.05) is 22.8 Å². The molecule has 1 aromatic heterocycles. The third kappa shape index (κ3) is 1.81. The summed E-state index contributed by atoms with van der Waals surface area (Å²) in [6.45, 7) is 5.85. The van der Waals surface area contributed by atoms with Crippen LogP contribution in [-0.4, -0.2) is 14.7 Å². The summed E-state index contributed by atoms with van der Waals surface area (Å²) in [5.74, 6) is 0.687. The molecule has 0 saturated heterocycles. The van der Waals surface area contributed by atoms with E-state index < -0.39 is 6.10 Å². The molecule has 1 aromatic carbocycles. The van der Waals surface area contributed by atoms with Gasteiger partial charge in [-0.1, -0.05) is 11.6 Å². The van der Waals surface area contributed by atoms with Crippen LogP contribution in [0, 0.1) is 0 Å². The zero-order valence-electron chi connectivity index (χ0n) is 9.61. The Morgan fingerprint density at radius 1 is 1.31 bits per heavy atom. The topological polar surface area (TPSA) is 38.1 Å². The molecule has 0 aliphatic rings. The normalized spacial score (nSPS) is 13.6. The van der Waals surface area contributed by atoms with Crippen molar-refractivity contribution in [2.75, 3.05) is 0 Å². The van der Waals surface area contributed by atoms with Gasteiger partial charge in [-0.05, 0) is 39.0 Å². The van der Waals surface area contributed by atoms with Gasteiger partial charge in [0, 0.05) is 11.1 Å². The first kappa shape index (κ1) is 11.4. The van der Waals surface area contributed by atoms with E-state index in [1.54, 1.807) is 6.92 Å². The molecule has 0 fully saturated rings. The maximum absolute atomic E-state index is 9.71. The summed E-state index contributed by atoms with van der Waals surface area (Å²) in [7, 11) is 0. The van der Waals surface area contributed by atoms with Gasteiger partial charge in [0.15, 0.2) is 0 Å². The van der Waals surface area contributed by atoms with Crippen molar-refractivity contribution in [1.82, 2.24) is 9.55 Å². The van der Waals surface area contributed by atoms with Gasteiger partial charge in [0.2, 0.25) is 0 Å². The summed E-state index contributed by atoms with van der Waals surface area (Å²) in [6.07, 6.45) is -0.575. The monoisotopic (exact) mass is 238 g/mol. The third-order valence-corrected chi connectivity index (χ3v) is 2.80. The number of hydrogen-bond donors (Lipinski definition) is 1. The standard InChI is InChI=1S/C12H15ClN2O/c1-7(2)15-11-6-9(13)4-5-10(11)14-12(15)8(3)16/h4-8,16H,1-3H3. The van der Waals surface area contributed by atoms with E-state index >= 15 is 0 Å². The zero-order chi connectivity index (χ0) is 11.9. The van der Waals surface area contributed by atoms with Gasteiger partial charge in [-0.25, -0.2) is 4.98 Å². The highest BCUT2D eigenvalue weighted by atomic mass is 35.5. The summed E-state index contributed by atoms with van der Waals surface area (Å²) in [4.78, 5) is 4.43. The number of aliphatic hydroxyl groups is 1. The van der Waals surface area contributed by atoms with Crippen molar-refractivity contribution < 1.29 is 5.11 Å². The van der Waals surface area contributed by atoms with Crippen LogP contribution in [0.15, 0.2) is 18.2 Å². The van der Waals surface area contributed by atoms with Gasteiger partial charge < -0.3 is 9.67 Å². The van der Waals surface area contributed by atoms with Crippen molar-refractivity contribution in [2.45, 2.75) is 32.9 Å². The molecule has 0 aliphatic heterocycles. The SMILES string of the molecule is CC(O)c1nc2ccc(Cl)cc2n1C(C)C. The number of rotatable bonds is 2. The smallest absolute Gasteiger partial charge is 0.138 e. The fourth-order valence-electron chi connectivity index (χ4n) is 1.92. The molecule has 0 saturated carbocycles. The van der Waals surface area contributed by atoms with Gasteiger partial charge in [0.25, 0.3) is 0 Å². The van der Waals surface area contributed by atoms with Crippen LogP contribution < -0.4 is 0 Å². The minimum absolute atomic E-state index is 0.244. The Morgan fingerprint density at radius 3 is 2.56 bits per heavy atom. The molecule has 3 nitrogen and oxygen atoms in total. The van der Waals surface area contributed by atoms with Crippen molar-refractivity contribution in [1.29, 1.82) is 0 Å². The van der Waals surface area contributed by atoms with Crippen LogP contribution in [-0.2, 0) is 0 Å². The molecular weight excluding hydrogens is 224 g/mol.